The molecule has 0 aliphatic carbocycles. The monoisotopic (exact) mass is 259 g/mol. The summed E-state index contributed by atoms with van der Waals surface area (Å²) >= 11 is 0. The number of hydrogen-bond donors (Lipinski definition) is 1. The fourth-order valence-electron chi connectivity index (χ4n) is 3.41. The molecule has 0 aromatic heterocycles. The lowest BCUT2D eigenvalue weighted by Gasteiger charge is -2.33. The maximum Gasteiger partial charge on any atom is 0.0164 e. The molecule has 2 rings (SSSR count). The summed E-state index contributed by atoms with van der Waals surface area (Å²) in [6.07, 6.45) is 4.96. The highest BCUT2D eigenvalue weighted by Gasteiger charge is 2.39. The molecule has 19 heavy (non-hydrogen) atoms. The normalized spacial score (nSPS) is 27.1. The van der Waals surface area contributed by atoms with Gasteiger partial charge in [0, 0.05) is 11.5 Å². The molecule has 0 bridgehead atoms. The van der Waals surface area contributed by atoms with Crippen LogP contribution in [0.4, 0.5) is 0 Å². The smallest absolute Gasteiger partial charge is 0.0164 e. The van der Waals surface area contributed by atoms with Crippen LogP contribution >= 0.6 is 0 Å². The molecule has 0 saturated carbocycles. The summed E-state index contributed by atoms with van der Waals surface area (Å²) in [4.78, 5) is 0. The molecule has 1 heteroatoms. The topological polar surface area (TPSA) is 12.0 Å². The Bertz CT molecular complexity index is 393. The van der Waals surface area contributed by atoms with Gasteiger partial charge < -0.3 is 5.32 Å². The molecular formula is C18H29N. The molecule has 1 fully saturated rings. The molecule has 1 aromatic carbocycles. The van der Waals surface area contributed by atoms with Crippen molar-refractivity contribution in [1.29, 1.82) is 0 Å². The third kappa shape index (κ3) is 3.20. The quantitative estimate of drug-likeness (QED) is 0.831. The summed E-state index contributed by atoms with van der Waals surface area (Å²) in [5.41, 5.74) is 3.30. The highest BCUT2D eigenvalue weighted by Crippen LogP contribution is 2.37. The third-order valence-corrected chi connectivity index (χ3v) is 4.66. The molecular weight excluding hydrogens is 230 g/mol. The number of aryl methyl sites for hydroxylation is 1. The Balaban J connectivity index is 2.17. The van der Waals surface area contributed by atoms with E-state index in [4.69, 9.17) is 0 Å². The summed E-state index contributed by atoms with van der Waals surface area (Å²) in [6.45, 7) is 10.5. The van der Waals surface area contributed by atoms with Gasteiger partial charge in [-0.1, -0.05) is 58.4 Å². The average molecular weight is 259 g/mol. The Kier molecular flexibility index (Phi) is 4.67. The Morgan fingerprint density at radius 2 is 1.95 bits per heavy atom. The summed E-state index contributed by atoms with van der Waals surface area (Å²) in [5, 5.41) is 3.72. The van der Waals surface area contributed by atoms with Crippen LogP contribution in [-0.2, 0) is 11.8 Å². The van der Waals surface area contributed by atoms with Gasteiger partial charge in [0.2, 0.25) is 0 Å². The summed E-state index contributed by atoms with van der Waals surface area (Å²) in [5.74, 6) is 0.759. The van der Waals surface area contributed by atoms with Crippen LogP contribution in [0.1, 0.15) is 58.1 Å². The van der Waals surface area contributed by atoms with E-state index >= 15 is 0 Å². The maximum absolute atomic E-state index is 3.72. The first kappa shape index (κ1) is 14.6. The fraction of sp³-hybridized carbons (Fsp3) is 0.667. The molecule has 0 spiro atoms. The summed E-state index contributed by atoms with van der Waals surface area (Å²) in [7, 11) is 0. The van der Waals surface area contributed by atoms with E-state index in [-0.39, 0.29) is 0 Å². The first-order valence-corrected chi connectivity index (χ1v) is 7.89. The lowest BCUT2D eigenvalue weighted by Crippen LogP contribution is -2.39. The van der Waals surface area contributed by atoms with Crippen LogP contribution in [0.3, 0.4) is 0 Å². The third-order valence-electron chi connectivity index (χ3n) is 4.66. The molecule has 1 heterocycles. The predicted octanol–water partition coefficient (Wildman–Crippen LogP) is 4.30. The van der Waals surface area contributed by atoms with Gasteiger partial charge in [0.1, 0.15) is 0 Å². The molecule has 1 aliphatic rings. The lowest BCUT2D eigenvalue weighted by atomic mass is 9.73. The Morgan fingerprint density at radius 1 is 1.26 bits per heavy atom. The van der Waals surface area contributed by atoms with Gasteiger partial charge in [0.15, 0.2) is 0 Å². The molecule has 1 N–H and O–H groups in total. The van der Waals surface area contributed by atoms with E-state index in [9.17, 15) is 0 Å². The van der Waals surface area contributed by atoms with E-state index < -0.39 is 0 Å². The van der Waals surface area contributed by atoms with Gasteiger partial charge in [-0.2, -0.15) is 0 Å². The zero-order valence-electron chi connectivity index (χ0n) is 13.0. The molecule has 2 atom stereocenters. The van der Waals surface area contributed by atoms with E-state index in [1.807, 2.05) is 0 Å². The molecule has 1 aliphatic heterocycles. The minimum Gasteiger partial charge on any atom is -0.313 e. The molecule has 1 aromatic rings. The summed E-state index contributed by atoms with van der Waals surface area (Å²) in [6, 6.07) is 10.0. The van der Waals surface area contributed by atoms with Crippen molar-refractivity contribution < 1.29 is 0 Å². The van der Waals surface area contributed by atoms with Crippen molar-refractivity contribution in [3.63, 3.8) is 0 Å². The van der Waals surface area contributed by atoms with Gasteiger partial charge in [-0.15, -0.1) is 0 Å². The van der Waals surface area contributed by atoms with E-state index in [1.165, 1.54) is 36.8 Å². The second-order valence-corrected chi connectivity index (χ2v) is 6.75. The van der Waals surface area contributed by atoms with E-state index in [1.54, 1.807) is 0 Å². The zero-order chi connectivity index (χ0) is 13.9. The van der Waals surface area contributed by atoms with Crippen molar-refractivity contribution in [3.8, 4) is 0 Å². The molecule has 1 saturated heterocycles. The van der Waals surface area contributed by atoms with Crippen LogP contribution in [0.2, 0.25) is 0 Å². The fourth-order valence-corrected chi connectivity index (χ4v) is 3.41. The van der Waals surface area contributed by atoms with E-state index in [0.717, 1.165) is 12.5 Å². The van der Waals surface area contributed by atoms with Crippen LogP contribution in [0.15, 0.2) is 24.3 Å². The largest absolute Gasteiger partial charge is 0.313 e. The van der Waals surface area contributed by atoms with Crippen LogP contribution < -0.4 is 5.32 Å². The molecule has 0 radical (unpaired) electrons. The molecule has 0 amide bonds. The van der Waals surface area contributed by atoms with Gasteiger partial charge >= 0.3 is 0 Å². The van der Waals surface area contributed by atoms with Crippen molar-refractivity contribution in [1.82, 2.24) is 5.32 Å². The van der Waals surface area contributed by atoms with Crippen molar-refractivity contribution in [3.05, 3.63) is 35.4 Å². The minimum atomic E-state index is 0.314. The second-order valence-electron chi connectivity index (χ2n) is 6.75. The van der Waals surface area contributed by atoms with Crippen molar-refractivity contribution in [2.24, 2.45) is 5.92 Å². The number of nitrogens with one attached hydrogen (secondary N) is 1. The first-order chi connectivity index (χ1) is 9.06. The van der Waals surface area contributed by atoms with Gasteiger partial charge in [0.05, 0.1) is 0 Å². The Hall–Kier alpha value is -0.820. The molecule has 106 valence electrons. The van der Waals surface area contributed by atoms with Crippen LogP contribution in [0.25, 0.3) is 0 Å². The predicted molar refractivity (Wildman–Crippen MR) is 83.7 cm³/mol. The minimum absolute atomic E-state index is 0.314. The summed E-state index contributed by atoms with van der Waals surface area (Å²) < 4.78 is 0. The van der Waals surface area contributed by atoms with Crippen molar-refractivity contribution >= 4 is 0 Å². The highest BCUT2D eigenvalue weighted by atomic mass is 15.0. The standard InChI is InChI=1S/C18H29N/c1-5-6-15-7-9-16(10-8-15)18(4)11-12-19-17(18)13-14(2)3/h7-10,14,17,19H,5-6,11-13H2,1-4H3. The van der Waals surface area contributed by atoms with Gasteiger partial charge in [-0.25, -0.2) is 0 Å². The molecule has 1 nitrogen and oxygen atoms in total. The first-order valence-electron chi connectivity index (χ1n) is 7.89. The van der Waals surface area contributed by atoms with E-state index in [2.05, 4.69) is 57.3 Å². The van der Waals surface area contributed by atoms with Gasteiger partial charge in [-0.3, -0.25) is 0 Å². The number of benzene rings is 1. The molecule has 2 unspecified atom stereocenters. The number of rotatable bonds is 5. The Morgan fingerprint density at radius 3 is 2.53 bits per heavy atom. The SMILES string of the molecule is CCCc1ccc(C2(C)CCNC2CC(C)C)cc1. The van der Waals surface area contributed by atoms with Crippen LogP contribution in [0.5, 0.6) is 0 Å². The maximum atomic E-state index is 3.72. The van der Waals surface area contributed by atoms with Crippen LogP contribution in [-0.4, -0.2) is 12.6 Å². The Labute approximate surface area is 118 Å². The second kappa shape index (κ2) is 6.09. The van der Waals surface area contributed by atoms with Gasteiger partial charge in [0.25, 0.3) is 0 Å². The van der Waals surface area contributed by atoms with Crippen molar-refractivity contribution in [2.45, 2.75) is 64.8 Å². The van der Waals surface area contributed by atoms with Gasteiger partial charge in [-0.05, 0) is 42.9 Å². The van der Waals surface area contributed by atoms with Crippen LogP contribution in [0, 0.1) is 5.92 Å². The number of hydrogen-bond acceptors (Lipinski definition) is 1. The van der Waals surface area contributed by atoms with E-state index in [0.29, 0.717) is 11.5 Å². The zero-order valence-corrected chi connectivity index (χ0v) is 13.0. The average Bonchev–Trinajstić information content (AvgIpc) is 2.73. The van der Waals surface area contributed by atoms with Crippen molar-refractivity contribution in [2.75, 3.05) is 6.54 Å². The lowest BCUT2D eigenvalue weighted by molar-refractivity contribution is 0.344. The highest BCUT2D eigenvalue weighted by molar-refractivity contribution is 5.32.